The molecule has 0 unspecified atom stereocenters. The van der Waals surface area contributed by atoms with Gasteiger partial charge in [-0.05, 0) is 13.0 Å². The number of hydrogen-bond acceptors (Lipinski definition) is 2. The predicted octanol–water partition coefficient (Wildman–Crippen LogP) is 3.06. The number of nitrogens with zero attached hydrogens (tertiary/aromatic N) is 1. The van der Waals surface area contributed by atoms with E-state index in [0.717, 1.165) is 16.8 Å². The van der Waals surface area contributed by atoms with Crippen molar-refractivity contribution in [1.82, 2.24) is 4.98 Å². The van der Waals surface area contributed by atoms with Crippen LogP contribution in [0.2, 0.25) is 0 Å². The SMILES string of the molecule is C=Cc1c(C=N)ccnc1C.CC. The Hall–Kier alpha value is -1.44. The molecule has 0 radical (unpaired) electrons. The number of nitrogens with one attached hydrogen (secondary N) is 1. The largest absolute Gasteiger partial charge is 0.308 e. The van der Waals surface area contributed by atoms with Crippen LogP contribution in [0.5, 0.6) is 0 Å². The Labute approximate surface area is 79.8 Å². The topological polar surface area (TPSA) is 36.7 Å². The second-order valence-corrected chi connectivity index (χ2v) is 2.25. The Morgan fingerprint density at radius 1 is 1.46 bits per heavy atom. The Balaban J connectivity index is 0.000000671. The van der Waals surface area contributed by atoms with Gasteiger partial charge in [0.2, 0.25) is 0 Å². The molecular formula is C11H16N2. The lowest BCUT2D eigenvalue weighted by Crippen LogP contribution is -1.92. The summed E-state index contributed by atoms with van der Waals surface area (Å²) < 4.78 is 0. The molecule has 1 rings (SSSR count). The van der Waals surface area contributed by atoms with Crippen molar-refractivity contribution in [2.24, 2.45) is 0 Å². The minimum atomic E-state index is 0.868. The molecule has 1 aromatic heterocycles. The molecule has 0 amide bonds. The molecule has 70 valence electrons. The molecule has 1 heterocycles. The molecule has 0 aliphatic rings. The van der Waals surface area contributed by atoms with Gasteiger partial charge in [-0.2, -0.15) is 0 Å². The average Bonchev–Trinajstić information content (AvgIpc) is 2.20. The lowest BCUT2D eigenvalue weighted by molar-refractivity contribution is 1.18. The maximum atomic E-state index is 7.08. The minimum absolute atomic E-state index is 0.868. The highest BCUT2D eigenvalue weighted by Gasteiger charge is 1.98. The van der Waals surface area contributed by atoms with Gasteiger partial charge in [-0.1, -0.05) is 26.5 Å². The van der Waals surface area contributed by atoms with Crippen molar-refractivity contribution in [2.75, 3.05) is 0 Å². The van der Waals surface area contributed by atoms with Crippen molar-refractivity contribution < 1.29 is 0 Å². The van der Waals surface area contributed by atoms with Crippen LogP contribution in [0, 0.1) is 12.3 Å². The summed E-state index contributed by atoms with van der Waals surface area (Å²) in [5, 5.41) is 7.08. The quantitative estimate of drug-likeness (QED) is 0.691. The molecule has 2 heteroatoms. The fourth-order valence-corrected chi connectivity index (χ4v) is 0.989. The highest BCUT2D eigenvalue weighted by Crippen LogP contribution is 2.10. The summed E-state index contributed by atoms with van der Waals surface area (Å²) in [4.78, 5) is 4.08. The molecule has 0 saturated heterocycles. The number of aromatic nitrogens is 1. The van der Waals surface area contributed by atoms with Gasteiger partial charge < -0.3 is 5.41 Å². The summed E-state index contributed by atoms with van der Waals surface area (Å²) in [6.07, 6.45) is 4.73. The molecule has 0 bridgehead atoms. The van der Waals surface area contributed by atoms with E-state index >= 15 is 0 Å². The van der Waals surface area contributed by atoms with E-state index in [4.69, 9.17) is 5.41 Å². The molecule has 0 aromatic carbocycles. The highest BCUT2D eigenvalue weighted by atomic mass is 14.7. The van der Waals surface area contributed by atoms with E-state index in [0.29, 0.717) is 0 Å². The molecule has 1 N–H and O–H groups in total. The van der Waals surface area contributed by atoms with Crippen LogP contribution in [-0.4, -0.2) is 11.2 Å². The van der Waals surface area contributed by atoms with Crippen molar-refractivity contribution >= 4 is 12.3 Å². The third-order valence-electron chi connectivity index (χ3n) is 1.58. The summed E-state index contributed by atoms with van der Waals surface area (Å²) in [5.41, 5.74) is 2.73. The van der Waals surface area contributed by atoms with E-state index in [1.807, 2.05) is 20.8 Å². The summed E-state index contributed by atoms with van der Waals surface area (Å²) in [6.45, 7) is 9.56. The zero-order valence-electron chi connectivity index (χ0n) is 8.46. The third-order valence-corrected chi connectivity index (χ3v) is 1.58. The van der Waals surface area contributed by atoms with E-state index in [1.54, 1.807) is 18.3 Å². The molecular weight excluding hydrogens is 160 g/mol. The molecule has 0 fully saturated rings. The van der Waals surface area contributed by atoms with Crippen LogP contribution in [0.4, 0.5) is 0 Å². The number of hydrogen-bond donors (Lipinski definition) is 1. The van der Waals surface area contributed by atoms with Gasteiger partial charge in [0.15, 0.2) is 0 Å². The van der Waals surface area contributed by atoms with Crippen LogP contribution in [0.3, 0.4) is 0 Å². The number of aryl methyl sites for hydroxylation is 1. The van der Waals surface area contributed by atoms with Crippen LogP contribution in [0.25, 0.3) is 6.08 Å². The van der Waals surface area contributed by atoms with Crippen LogP contribution >= 0.6 is 0 Å². The first kappa shape index (κ1) is 11.6. The molecule has 0 aliphatic carbocycles. The van der Waals surface area contributed by atoms with E-state index in [9.17, 15) is 0 Å². The Bertz CT molecular complexity index is 290. The van der Waals surface area contributed by atoms with Gasteiger partial charge >= 0.3 is 0 Å². The monoisotopic (exact) mass is 176 g/mol. The van der Waals surface area contributed by atoms with Crippen molar-refractivity contribution in [1.29, 1.82) is 5.41 Å². The van der Waals surface area contributed by atoms with Crippen molar-refractivity contribution in [3.63, 3.8) is 0 Å². The zero-order chi connectivity index (χ0) is 10.3. The Kier molecular flexibility index (Phi) is 5.44. The van der Waals surface area contributed by atoms with Crippen LogP contribution < -0.4 is 0 Å². The first-order valence-corrected chi connectivity index (χ1v) is 4.38. The lowest BCUT2D eigenvalue weighted by Gasteiger charge is -2.01. The van der Waals surface area contributed by atoms with Crippen LogP contribution in [-0.2, 0) is 0 Å². The first-order valence-electron chi connectivity index (χ1n) is 4.38. The zero-order valence-corrected chi connectivity index (χ0v) is 8.46. The van der Waals surface area contributed by atoms with Gasteiger partial charge in [-0.3, -0.25) is 4.98 Å². The third kappa shape index (κ3) is 2.82. The van der Waals surface area contributed by atoms with Gasteiger partial charge in [0.25, 0.3) is 0 Å². The maximum absolute atomic E-state index is 7.08. The van der Waals surface area contributed by atoms with Crippen molar-refractivity contribution in [3.8, 4) is 0 Å². The average molecular weight is 176 g/mol. The molecule has 1 aromatic rings. The van der Waals surface area contributed by atoms with Gasteiger partial charge in [-0.15, -0.1) is 0 Å². The van der Waals surface area contributed by atoms with E-state index < -0.39 is 0 Å². The van der Waals surface area contributed by atoms with Gasteiger partial charge in [0.1, 0.15) is 0 Å². The normalized spacial score (nSPS) is 8.23. The van der Waals surface area contributed by atoms with E-state index in [2.05, 4.69) is 11.6 Å². The maximum Gasteiger partial charge on any atom is 0.0451 e. The standard InChI is InChI=1S/C9H10N2.C2H6/c1-3-9-7(2)11-5-4-8(9)6-10;1-2/h3-6,10H,1H2,2H3;1-2H3. The van der Waals surface area contributed by atoms with Crippen molar-refractivity contribution in [3.05, 3.63) is 35.7 Å². The van der Waals surface area contributed by atoms with Crippen molar-refractivity contribution in [2.45, 2.75) is 20.8 Å². The summed E-state index contributed by atoms with van der Waals surface area (Å²) in [5.74, 6) is 0. The fourth-order valence-electron chi connectivity index (χ4n) is 0.989. The van der Waals surface area contributed by atoms with E-state index in [1.165, 1.54) is 6.21 Å². The van der Waals surface area contributed by atoms with Gasteiger partial charge in [0, 0.05) is 29.2 Å². The minimum Gasteiger partial charge on any atom is -0.308 e. The Morgan fingerprint density at radius 3 is 2.46 bits per heavy atom. The van der Waals surface area contributed by atoms with Gasteiger partial charge in [0.05, 0.1) is 0 Å². The molecule has 0 spiro atoms. The van der Waals surface area contributed by atoms with Crippen LogP contribution in [0.1, 0.15) is 30.7 Å². The summed E-state index contributed by atoms with van der Waals surface area (Å²) >= 11 is 0. The molecule has 0 saturated carbocycles. The van der Waals surface area contributed by atoms with Gasteiger partial charge in [-0.25, -0.2) is 0 Å². The second-order valence-electron chi connectivity index (χ2n) is 2.25. The number of rotatable bonds is 2. The lowest BCUT2D eigenvalue weighted by atomic mass is 10.1. The predicted molar refractivity (Wildman–Crippen MR) is 58.3 cm³/mol. The summed E-state index contributed by atoms with van der Waals surface area (Å²) in [6, 6.07) is 1.80. The molecule has 0 atom stereocenters. The molecule has 13 heavy (non-hydrogen) atoms. The highest BCUT2D eigenvalue weighted by molar-refractivity contribution is 5.83. The van der Waals surface area contributed by atoms with E-state index in [-0.39, 0.29) is 0 Å². The summed E-state index contributed by atoms with van der Waals surface area (Å²) in [7, 11) is 0. The molecule has 0 aliphatic heterocycles. The van der Waals surface area contributed by atoms with Crippen LogP contribution in [0.15, 0.2) is 18.8 Å². The second kappa shape index (κ2) is 6.12. The number of pyridine rings is 1. The first-order chi connectivity index (χ1) is 6.29. The Morgan fingerprint density at radius 2 is 2.08 bits per heavy atom. The molecule has 2 nitrogen and oxygen atoms in total. The fraction of sp³-hybridized carbons (Fsp3) is 0.273. The smallest absolute Gasteiger partial charge is 0.0451 e.